The van der Waals surface area contributed by atoms with Crippen LogP contribution in [0.5, 0.6) is 0 Å². The van der Waals surface area contributed by atoms with Crippen molar-refractivity contribution in [2.45, 2.75) is 25.7 Å². The van der Waals surface area contributed by atoms with Crippen LogP contribution in [0.15, 0.2) is 24.3 Å². The summed E-state index contributed by atoms with van der Waals surface area (Å²) in [6.07, 6.45) is 2.73. The molecule has 1 saturated heterocycles. The molecule has 1 aromatic carbocycles. The number of hydrogen-bond donors (Lipinski definition) is 1. The molecule has 0 aromatic heterocycles. The van der Waals surface area contributed by atoms with Crippen LogP contribution in [-0.4, -0.2) is 38.6 Å². The molecule has 5 nitrogen and oxygen atoms in total. The zero-order valence-corrected chi connectivity index (χ0v) is 12.4. The molecule has 21 heavy (non-hydrogen) atoms. The van der Waals surface area contributed by atoms with Crippen LogP contribution in [0.1, 0.15) is 24.8 Å². The maximum Gasteiger partial charge on any atom is 0.227 e. The summed E-state index contributed by atoms with van der Waals surface area (Å²) in [6.45, 7) is 2.07. The van der Waals surface area contributed by atoms with Gasteiger partial charge >= 0.3 is 0 Å². The Balaban J connectivity index is 1.82. The zero-order chi connectivity index (χ0) is 15.1. The average Bonchev–Trinajstić information content (AvgIpc) is 2.91. The van der Waals surface area contributed by atoms with Gasteiger partial charge in [0.1, 0.15) is 0 Å². The number of methoxy groups -OCH3 is 1. The van der Waals surface area contributed by atoms with Crippen molar-refractivity contribution in [1.82, 2.24) is 5.32 Å². The third-order valence-electron chi connectivity index (χ3n) is 3.53. The summed E-state index contributed by atoms with van der Waals surface area (Å²) < 4.78 is 4.93. The molecule has 0 bridgehead atoms. The molecule has 1 aromatic rings. The van der Waals surface area contributed by atoms with E-state index in [9.17, 15) is 9.59 Å². The van der Waals surface area contributed by atoms with E-state index in [1.807, 2.05) is 24.3 Å². The molecular formula is C16H22N2O3. The van der Waals surface area contributed by atoms with Crippen molar-refractivity contribution in [2.75, 3.05) is 31.7 Å². The average molecular weight is 290 g/mol. The summed E-state index contributed by atoms with van der Waals surface area (Å²) in [6, 6.07) is 7.65. The van der Waals surface area contributed by atoms with Crippen molar-refractivity contribution in [1.29, 1.82) is 0 Å². The van der Waals surface area contributed by atoms with Crippen LogP contribution in [0.25, 0.3) is 0 Å². The van der Waals surface area contributed by atoms with Crippen molar-refractivity contribution in [3.63, 3.8) is 0 Å². The fourth-order valence-corrected chi connectivity index (χ4v) is 2.41. The second-order valence-electron chi connectivity index (χ2n) is 5.19. The summed E-state index contributed by atoms with van der Waals surface area (Å²) >= 11 is 0. The van der Waals surface area contributed by atoms with E-state index in [1.54, 1.807) is 12.0 Å². The van der Waals surface area contributed by atoms with Crippen LogP contribution in [-0.2, 0) is 20.7 Å². The van der Waals surface area contributed by atoms with E-state index in [4.69, 9.17) is 4.74 Å². The third kappa shape index (κ3) is 4.56. The minimum atomic E-state index is 0.0103. The number of rotatable bonds is 7. The maximum atomic E-state index is 11.8. The first kappa shape index (κ1) is 15.5. The number of carbonyl (C=O) groups excluding carboxylic acids is 2. The Morgan fingerprint density at radius 2 is 2.10 bits per heavy atom. The van der Waals surface area contributed by atoms with E-state index < -0.39 is 0 Å². The van der Waals surface area contributed by atoms with E-state index >= 15 is 0 Å². The van der Waals surface area contributed by atoms with Crippen molar-refractivity contribution < 1.29 is 14.3 Å². The van der Waals surface area contributed by atoms with Gasteiger partial charge in [0.05, 0.1) is 6.42 Å². The lowest BCUT2D eigenvalue weighted by Gasteiger charge is -2.15. The monoisotopic (exact) mass is 290 g/mol. The first-order valence-corrected chi connectivity index (χ1v) is 7.35. The lowest BCUT2D eigenvalue weighted by atomic mass is 10.1. The highest BCUT2D eigenvalue weighted by Gasteiger charge is 2.21. The van der Waals surface area contributed by atoms with E-state index in [0.29, 0.717) is 26.0 Å². The molecule has 0 saturated carbocycles. The molecule has 114 valence electrons. The Bertz CT molecular complexity index is 485. The predicted molar refractivity (Wildman–Crippen MR) is 81.2 cm³/mol. The molecule has 0 spiro atoms. The highest BCUT2D eigenvalue weighted by atomic mass is 16.5. The van der Waals surface area contributed by atoms with E-state index in [0.717, 1.165) is 30.6 Å². The van der Waals surface area contributed by atoms with E-state index in [1.165, 1.54) is 0 Å². The molecule has 2 rings (SSSR count). The molecule has 2 amide bonds. The highest BCUT2D eigenvalue weighted by molar-refractivity contribution is 5.95. The van der Waals surface area contributed by atoms with Gasteiger partial charge in [-0.2, -0.15) is 0 Å². The van der Waals surface area contributed by atoms with Crippen molar-refractivity contribution in [2.24, 2.45) is 0 Å². The van der Waals surface area contributed by atoms with Crippen molar-refractivity contribution >= 4 is 17.5 Å². The summed E-state index contributed by atoms with van der Waals surface area (Å²) in [4.78, 5) is 25.2. The molecule has 0 aliphatic carbocycles. The largest absolute Gasteiger partial charge is 0.385 e. The van der Waals surface area contributed by atoms with E-state index in [2.05, 4.69) is 5.32 Å². The van der Waals surface area contributed by atoms with Crippen LogP contribution in [0, 0.1) is 0 Å². The Kier molecular flexibility index (Phi) is 5.75. The fourth-order valence-electron chi connectivity index (χ4n) is 2.41. The van der Waals surface area contributed by atoms with Gasteiger partial charge in [-0.1, -0.05) is 12.1 Å². The van der Waals surface area contributed by atoms with Gasteiger partial charge in [0.15, 0.2) is 0 Å². The highest BCUT2D eigenvalue weighted by Crippen LogP contribution is 2.21. The molecule has 5 heteroatoms. The lowest BCUT2D eigenvalue weighted by molar-refractivity contribution is -0.120. The molecule has 1 fully saturated rings. The van der Waals surface area contributed by atoms with Crippen LogP contribution in [0.2, 0.25) is 0 Å². The number of amides is 2. The molecular weight excluding hydrogens is 268 g/mol. The number of nitrogens with one attached hydrogen (secondary N) is 1. The number of nitrogens with zero attached hydrogens (tertiary/aromatic N) is 1. The summed E-state index contributed by atoms with van der Waals surface area (Å²) in [7, 11) is 1.65. The van der Waals surface area contributed by atoms with Crippen LogP contribution in [0.3, 0.4) is 0 Å². The maximum absolute atomic E-state index is 11.8. The normalized spacial score (nSPS) is 14.5. The standard InChI is InChI=1S/C16H22N2O3/c1-21-11-3-9-17-15(19)12-13-5-7-14(8-6-13)18-10-2-4-16(18)20/h5-8H,2-4,9-12H2,1H3,(H,17,19). The molecule has 1 N–H and O–H groups in total. The summed E-state index contributed by atoms with van der Waals surface area (Å²) in [5, 5.41) is 2.86. The second kappa shape index (κ2) is 7.78. The van der Waals surface area contributed by atoms with Crippen LogP contribution >= 0.6 is 0 Å². The van der Waals surface area contributed by atoms with Crippen molar-refractivity contribution in [3.05, 3.63) is 29.8 Å². The minimum Gasteiger partial charge on any atom is -0.385 e. The summed E-state index contributed by atoms with van der Waals surface area (Å²) in [5.74, 6) is 0.190. The minimum absolute atomic E-state index is 0.0103. The topological polar surface area (TPSA) is 58.6 Å². The lowest BCUT2D eigenvalue weighted by Crippen LogP contribution is -2.27. The second-order valence-corrected chi connectivity index (χ2v) is 5.19. The van der Waals surface area contributed by atoms with Crippen molar-refractivity contribution in [3.8, 4) is 0 Å². The van der Waals surface area contributed by atoms with Crippen LogP contribution < -0.4 is 10.2 Å². The molecule has 1 aliphatic heterocycles. The smallest absolute Gasteiger partial charge is 0.227 e. The van der Waals surface area contributed by atoms with E-state index in [-0.39, 0.29) is 11.8 Å². The Morgan fingerprint density at radius 1 is 1.33 bits per heavy atom. The Hall–Kier alpha value is -1.88. The van der Waals surface area contributed by atoms with Crippen LogP contribution in [0.4, 0.5) is 5.69 Å². The van der Waals surface area contributed by atoms with Gasteiger partial charge in [0.25, 0.3) is 0 Å². The summed E-state index contributed by atoms with van der Waals surface area (Å²) in [5.41, 5.74) is 1.87. The first-order chi connectivity index (χ1) is 10.2. The zero-order valence-electron chi connectivity index (χ0n) is 12.4. The predicted octanol–water partition coefficient (Wildman–Crippen LogP) is 1.51. The van der Waals surface area contributed by atoms with Gasteiger partial charge in [-0.05, 0) is 30.5 Å². The molecule has 1 heterocycles. The number of carbonyl (C=O) groups is 2. The van der Waals surface area contributed by atoms with Gasteiger partial charge < -0.3 is 15.0 Å². The number of anilines is 1. The molecule has 0 radical (unpaired) electrons. The molecule has 0 unspecified atom stereocenters. The van der Waals surface area contributed by atoms with Gasteiger partial charge in [-0.25, -0.2) is 0 Å². The molecule has 1 aliphatic rings. The third-order valence-corrected chi connectivity index (χ3v) is 3.53. The number of ether oxygens (including phenoxy) is 1. The van der Waals surface area contributed by atoms with Gasteiger partial charge in [0, 0.05) is 38.9 Å². The van der Waals surface area contributed by atoms with Gasteiger partial charge in [0.2, 0.25) is 11.8 Å². The first-order valence-electron chi connectivity index (χ1n) is 7.35. The van der Waals surface area contributed by atoms with Gasteiger partial charge in [-0.15, -0.1) is 0 Å². The number of benzene rings is 1. The number of hydrogen-bond acceptors (Lipinski definition) is 3. The molecule has 0 atom stereocenters. The quantitative estimate of drug-likeness (QED) is 0.774. The Labute approximate surface area is 125 Å². The Morgan fingerprint density at radius 3 is 2.71 bits per heavy atom. The van der Waals surface area contributed by atoms with Gasteiger partial charge in [-0.3, -0.25) is 9.59 Å². The SMILES string of the molecule is COCCCNC(=O)Cc1ccc(N2CCCC2=O)cc1. The fraction of sp³-hybridized carbons (Fsp3) is 0.500.